The molecule has 0 fully saturated rings. The van der Waals surface area contributed by atoms with E-state index in [0.717, 1.165) is 24.3 Å². The van der Waals surface area contributed by atoms with Crippen LogP contribution in [0.3, 0.4) is 0 Å². The summed E-state index contributed by atoms with van der Waals surface area (Å²) in [5, 5.41) is 4.22. The molecule has 1 aromatic carbocycles. The molecule has 2 aromatic rings. The van der Waals surface area contributed by atoms with Crippen LogP contribution in [0.4, 0.5) is 0 Å². The molecule has 0 bridgehead atoms. The van der Waals surface area contributed by atoms with Gasteiger partial charge in [0.25, 0.3) is 5.91 Å². The summed E-state index contributed by atoms with van der Waals surface area (Å²) in [6.07, 6.45) is 2.63. The molecule has 1 amide bonds. The van der Waals surface area contributed by atoms with Gasteiger partial charge in [0.15, 0.2) is 0 Å². The van der Waals surface area contributed by atoms with Gasteiger partial charge in [-0.2, -0.15) is 5.10 Å². The lowest BCUT2D eigenvalue weighted by atomic mass is 10.2. The van der Waals surface area contributed by atoms with Gasteiger partial charge in [-0.15, -0.1) is 0 Å². The maximum atomic E-state index is 12.6. The normalized spacial score (nSPS) is 10.6. The van der Waals surface area contributed by atoms with E-state index in [0.29, 0.717) is 25.4 Å². The Labute approximate surface area is 137 Å². The van der Waals surface area contributed by atoms with Gasteiger partial charge in [0.05, 0.1) is 6.54 Å². The number of amides is 1. The van der Waals surface area contributed by atoms with Gasteiger partial charge in [-0.05, 0) is 44.0 Å². The molecule has 23 heavy (non-hydrogen) atoms. The van der Waals surface area contributed by atoms with E-state index >= 15 is 0 Å². The van der Waals surface area contributed by atoms with Crippen molar-refractivity contribution < 1.29 is 9.53 Å². The lowest BCUT2D eigenvalue weighted by Crippen LogP contribution is -2.35. The highest BCUT2D eigenvalue weighted by Gasteiger charge is 2.18. The molecule has 124 valence electrons. The van der Waals surface area contributed by atoms with E-state index in [-0.39, 0.29) is 5.91 Å². The summed E-state index contributed by atoms with van der Waals surface area (Å²) in [6, 6.07) is 9.71. The minimum absolute atomic E-state index is 0.00583. The quantitative estimate of drug-likeness (QED) is 0.752. The number of carbonyl (C=O) groups is 1. The third kappa shape index (κ3) is 4.58. The summed E-state index contributed by atoms with van der Waals surface area (Å²) in [4.78, 5) is 14.4. The van der Waals surface area contributed by atoms with Crippen LogP contribution in [0.25, 0.3) is 0 Å². The van der Waals surface area contributed by atoms with Gasteiger partial charge in [-0.1, -0.05) is 19.1 Å². The van der Waals surface area contributed by atoms with Crippen molar-refractivity contribution in [1.29, 1.82) is 0 Å². The van der Waals surface area contributed by atoms with Crippen LogP contribution in [0.15, 0.2) is 36.5 Å². The van der Waals surface area contributed by atoms with Crippen molar-refractivity contribution in [3.05, 3.63) is 47.8 Å². The molecule has 0 aliphatic heterocycles. The molecule has 2 rings (SSSR count). The molecule has 1 aromatic heterocycles. The summed E-state index contributed by atoms with van der Waals surface area (Å²) in [6.45, 7) is 8.52. The molecule has 0 saturated heterocycles. The fraction of sp³-hybridized carbons (Fsp3) is 0.444. The molecule has 5 nitrogen and oxygen atoms in total. The van der Waals surface area contributed by atoms with E-state index in [1.807, 2.05) is 38.1 Å². The van der Waals surface area contributed by atoms with Crippen LogP contribution in [0, 0.1) is 6.92 Å². The van der Waals surface area contributed by atoms with E-state index in [4.69, 9.17) is 4.74 Å². The number of carbonyl (C=O) groups excluding carboxylic acids is 1. The van der Waals surface area contributed by atoms with Crippen LogP contribution in [0.1, 0.15) is 36.3 Å². The lowest BCUT2D eigenvalue weighted by Gasteiger charge is -2.21. The van der Waals surface area contributed by atoms with Crippen molar-refractivity contribution in [1.82, 2.24) is 14.7 Å². The number of hydrogen-bond donors (Lipinski definition) is 0. The highest BCUT2D eigenvalue weighted by molar-refractivity contribution is 5.92. The number of hydrogen-bond acceptors (Lipinski definition) is 3. The minimum atomic E-state index is 0.00583. The van der Waals surface area contributed by atoms with Gasteiger partial charge < -0.3 is 9.64 Å². The molecule has 0 atom stereocenters. The second-order valence-corrected chi connectivity index (χ2v) is 5.49. The molecule has 0 spiro atoms. The van der Waals surface area contributed by atoms with Crippen molar-refractivity contribution in [2.45, 2.75) is 33.7 Å². The van der Waals surface area contributed by atoms with Crippen LogP contribution in [0.5, 0.6) is 5.75 Å². The van der Waals surface area contributed by atoms with Gasteiger partial charge in [0.2, 0.25) is 0 Å². The Bertz CT molecular complexity index is 637. The van der Waals surface area contributed by atoms with Gasteiger partial charge >= 0.3 is 0 Å². The van der Waals surface area contributed by atoms with Crippen molar-refractivity contribution in [3.63, 3.8) is 0 Å². The van der Waals surface area contributed by atoms with Crippen molar-refractivity contribution >= 4 is 5.91 Å². The molecule has 0 aliphatic rings. The van der Waals surface area contributed by atoms with E-state index in [1.165, 1.54) is 0 Å². The van der Waals surface area contributed by atoms with Crippen LogP contribution < -0.4 is 4.74 Å². The van der Waals surface area contributed by atoms with Crippen molar-refractivity contribution in [3.8, 4) is 5.75 Å². The molecular formula is C18H25N3O2. The monoisotopic (exact) mass is 315 g/mol. The lowest BCUT2D eigenvalue weighted by molar-refractivity contribution is 0.0727. The number of aromatic nitrogens is 2. The maximum Gasteiger partial charge on any atom is 0.272 e. The first-order chi connectivity index (χ1) is 11.2. The Morgan fingerprint density at radius 1 is 1.30 bits per heavy atom. The Kier molecular flexibility index (Phi) is 6.20. The zero-order valence-electron chi connectivity index (χ0n) is 14.2. The van der Waals surface area contributed by atoms with Crippen LogP contribution in [0.2, 0.25) is 0 Å². The van der Waals surface area contributed by atoms with Crippen molar-refractivity contribution in [2.24, 2.45) is 0 Å². The maximum absolute atomic E-state index is 12.6. The highest BCUT2D eigenvalue weighted by Crippen LogP contribution is 2.12. The van der Waals surface area contributed by atoms with E-state index in [9.17, 15) is 4.79 Å². The summed E-state index contributed by atoms with van der Waals surface area (Å²) in [5.74, 6) is 0.843. The SMILES string of the molecule is CCCn1nccc1C(=O)N(CC)CCOc1cccc(C)c1. The van der Waals surface area contributed by atoms with Gasteiger partial charge in [0, 0.05) is 19.3 Å². The molecule has 0 aliphatic carbocycles. The zero-order chi connectivity index (χ0) is 16.7. The number of nitrogens with zero attached hydrogens (tertiary/aromatic N) is 3. The smallest absolute Gasteiger partial charge is 0.272 e. The van der Waals surface area contributed by atoms with E-state index in [1.54, 1.807) is 21.8 Å². The predicted octanol–water partition coefficient (Wildman–Crippen LogP) is 3.14. The number of rotatable bonds is 8. The molecular weight excluding hydrogens is 290 g/mol. The number of aryl methyl sites for hydroxylation is 2. The molecule has 5 heteroatoms. The summed E-state index contributed by atoms with van der Waals surface area (Å²) >= 11 is 0. The second kappa shape index (κ2) is 8.36. The third-order valence-electron chi connectivity index (χ3n) is 3.66. The number of likely N-dealkylation sites (N-methyl/N-ethyl adjacent to an activating group) is 1. The molecule has 1 heterocycles. The average molecular weight is 315 g/mol. The minimum Gasteiger partial charge on any atom is -0.492 e. The topological polar surface area (TPSA) is 47.4 Å². The second-order valence-electron chi connectivity index (χ2n) is 5.49. The van der Waals surface area contributed by atoms with Gasteiger partial charge in [0.1, 0.15) is 18.1 Å². The third-order valence-corrected chi connectivity index (χ3v) is 3.66. The largest absolute Gasteiger partial charge is 0.492 e. The highest BCUT2D eigenvalue weighted by atomic mass is 16.5. The fourth-order valence-corrected chi connectivity index (χ4v) is 2.45. The van der Waals surface area contributed by atoms with E-state index < -0.39 is 0 Å². The molecule has 0 N–H and O–H groups in total. The Hall–Kier alpha value is -2.30. The first-order valence-corrected chi connectivity index (χ1v) is 8.16. The van der Waals surface area contributed by atoms with Crippen LogP contribution in [-0.2, 0) is 6.54 Å². The predicted molar refractivity (Wildman–Crippen MR) is 90.8 cm³/mol. The molecule has 0 saturated carbocycles. The zero-order valence-corrected chi connectivity index (χ0v) is 14.2. The van der Waals surface area contributed by atoms with Gasteiger partial charge in [-0.3, -0.25) is 9.48 Å². The Morgan fingerprint density at radius 2 is 2.13 bits per heavy atom. The number of benzene rings is 1. The summed E-state index contributed by atoms with van der Waals surface area (Å²) in [5.41, 5.74) is 1.80. The number of ether oxygens (including phenoxy) is 1. The van der Waals surface area contributed by atoms with Gasteiger partial charge in [-0.25, -0.2) is 0 Å². The van der Waals surface area contributed by atoms with Crippen molar-refractivity contribution in [2.75, 3.05) is 19.7 Å². The molecule has 0 radical (unpaired) electrons. The summed E-state index contributed by atoms with van der Waals surface area (Å²) in [7, 11) is 0. The summed E-state index contributed by atoms with van der Waals surface area (Å²) < 4.78 is 7.52. The first-order valence-electron chi connectivity index (χ1n) is 8.16. The van der Waals surface area contributed by atoms with Crippen LogP contribution in [-0.4, -0.2) is 40.3 Å². The first kappa shape index (κ1) is 17.1. The Balaban J connectivity index is 1.94. The standard InChI is InChI=1S/C18H25N3O2/c1-4-11-21-17(9-10-19-21)18(22)20(5-2)12-13-23-16-8-6-7-15(3)14-16/h6-10,14H,4-5,11-13H2,1-3H3. The Morgan fingerprint density at radius 3 is 2.83 bits per heavy atom. The van der Waals surface area contributed by atoms with Crippen LogP contribution >= 0.6 is 0 Å². The average Bonchev–Trinajstić information content (AvgIpc) is 3.00. The van der Waals surface area contributed by atoms with E-state index in [2.05, 4.69) is 12.0 Å². The fourth-order valence-electron chi connectivity index (χ4n) is 2.45. The molecule has 0 unspecified atom stereocenters.